The Bertz CT molecular complexity index is 745. The summed E-state index contributed by atoms with van der Waals surface area (Å²) in [6.07, 6.45) is 5.10. The van der Waals surface area contributed by atoms with E-state index in [-0.39, 0.29) is 18.2 Å². The third kappa shape index (κ3) is 4.81. The van der Waals surface area contributed by atoms with E-state index >= 15 is 0 Å². The Labute approximate surface area is 148 Å². The average Bonchev–Trinajstić information content (AvgIpc) is 2.80. The number of rotatable bonds is 5. The summed E-state index contributed by atoms with van der Waals surface area (Å²) in [5.74, 6) is 0.902. The smallest absolute Gasteiger partial charge is 0.223 e. The number of carbonyl (C=O) groups is 2. The minimum Gasteiger partial charge on any atom is -0.352 e. The first-order valence-electron chi connectivity index (χ1n) is 9.11. The van der Waals surface area contributed by atoms with E-state index in [4.69, 9.17) is 0 Å². The molecule has 0 radical (unpaired) electrons. The van der Waals surface area contributed by atoms with Gasteiger partial charge < -0.3 is 15.2 Å². The maximum absolute atomic E-state index is 12.2. The number of likely N-dealkylation sites (tertiary alicyclic amines) is 1. The maximum Gasteiger partial charge on any atom is 0.223 e. The Morgan fingerprint density at radius 2 is 1.92 bits per heavy atom. The predicted octanol–water partition coefficient (Wildman–Crippen LogP) is 2.67. The molecule has 3 rings (SSSR count). The van der Waals surface area contributed by atoms with E-state index in [1.165, 1.54) is 12.8 Å². The van der Waals surface area contributed by atoms with Gasteiger partial charge in [-0.05, 0) is 37.5 Å². The molecular weight excluding hydrogens is 316 g/mol. The lowest BCUT2D eigenvalue weighted by Gasteiger charge is -2.20. The quantitative estimate of drug-likeness (QED) is 0.877. The van der Waals surface area contributed by atoms with Crippen LogP contribution in [0, 0.1) is 6.92 Å². The molecule has 0 aliphatic carbocycles. The molecule has 1 aromatic heterocycles. The highest BCUT2D eigenvalue weighted by Gasteiger charge is 2.16. The molecule has 2 heterocycles. The molecule has 1 aliphatic rings. The van der Waals surface area contributed by atoms with Gasteiger partial charge in [0, 0.05) is 32.5 Å². The van der Waals surface area contributed by atoms with Crippen molar-refractivity contribution < 1.29 is 9.59 Å². The molecule has 2 amide bonds. The minimum absolute atomic E-state index is 0.0796. The fraction of sp³-hybridized carbons (Fsp3) is 0.526. The molecule has 1 aliphatic heterocycles. The van der Waals surface area contributed by atoms with Gasteiger partial charge >= 0.3 is 0 Å². The van der Waals surface area contributed by atoms with Crippen molar-refractivity contribution in [3.05, 3.63) is 29.6 Å². The molecule has 0 bridgehead atoms. The fourth-order valence-corrected chi connectivity index (χ4v) is 3.28. The van der Waals surface area contributed by atoms with Crippen LogP contribution in [0.3, 0.4) is 0 Å². The summed E-state index contributed by atoms with van der Waals surface area (Å²) in [6, 6.07) is 5.91. The molecule has 0 saturated carbocycles. The SMILES string of the molecule is Cc1nc2ccc(CNC(=O)CCC(=O)N3CCCCCC3)cc2[nH]1. The van der Waals surface area contributed by atoms with Crippen LogP contribution in [0.4, 0.5) is 0 Å². The summed E-state index contributed by atoms with van der Waals surface area (Å²) < 4.78 is 0. The Morgan fingerprint density at radius 1 is 1.16 bits per heavy atom. The second-order valence-electron chi connectivity index (χ2n) is 6.75. The van der Waals surface area contributed by atoms with Crippen LogP contribution < -0.4 is 5.32 Å². The number of nitrogens with one attached hydrogen (secondary N) is 2. The van der Waals surface area contributed by atoms with Crippen molar-refractivity contribution in [3.63, 3.8) is 0 Å². The largest absolute Gasteiger partial charge is 0.352 e. The van der Waals surface area contributed by atoms with Gasteiger partial charge in [0.25, 0.3) is 0 Å². The first kappa shape index (κ1) is 17.5. The van der Waals surface area contributed by atoms with Gasteiger partial charge in [-0.2, -0.15) is 0 Å². The first-order chi connectivity index (χ1) is 12.1. The number of aromatic amines is 1. The molecule has 0 atom stereocenters. The van der Waals surface area contributed by atoms with E-state index in [0.717, 1.165) is 48.4 Å². The van der Waals surface area contributed by atoms with E-state index in [0.29, 0.717) is 13.0 Å². The van der Waals surface area contributed by atoms with E-state index in [1.54, 1.807) is 0 Å². The number of nitrogens with zero attached hydrogens (tertiary/aromatic N) is 2. The second kappa shape index (κ2) is 8.14. The topological polar surface area (TPSA) is 78.1 Å². The lowest BCUT2D eigenvalue weighted by atomic mass is 10.2. The van der Waals surface area contributed by atoms with Crippen LogP contribution in [-0.2, 0) is 16.1 Å². The van der Waals surface area contributed by atoms with Crippen molar-refractivity contribution in [2.45, 2.75) is 52.0 Å². The van der Waals surface area contributed by atoms with E-state index < -0.39 is 0 Å². The highest BCUT2D eigenvalue weighted by atomic mass is 16.2. The Hall–Kier alpha value is -2.37. The number of hydrogen-bond donors (Lipinski definition) is 2. The summed E-state index contributed by atoms with van der Waals surface area (Å²) >= 11 is 0. The maximum atomic E-state index is 12.2. The van der Waals surface area contributed by atoms with Crippen molar-refractivity contribution >= 4 is 22.8 Å². The van der Waals surface area contributed by atoms with Crippen LogP contribution in [-0.4, -0.2) is 39.8 Å². The van der Waals surface area contributed by atoms with Gasteiger partial charge in [-0.15, -0.1) is 0 Å². The summed E-state index contributed by atoms with van der Waals surface area (Å²) in [5, 5.41) is 2.90. The second-order valence-corrected chi connectivity index (χ2v) is 6.75. The standard InChI is InChI=1S/C19H26N4O2/c1-14-21-16-7-6-15(12-17(16)22-14)13-20-18(24)8-9-19(25)23-10-4-2-3-5-11-23/h6-7,12H,2-5,8-11,13H2,1H3,(H,20,24)(H,21,22). The lowest BCUT2D eigenvalue weighted by molar-refractivity contribution is -0.133. The highest BCUT2D eigenvalue weighted by molar-refractivity contribution is 5.84. The molecule has 25 heavy (non-hydrogen) atoms. The van der Waals surface area contributed by atoms with Crippen LogP contribution in [0.5, 0.6) is 0 Å². The van der Waals surface area contributed by atoms with Crippen LogP contribution in [0.2, 0.25) is 0 Å². The lowest BCUT2D eigenvalue weighted by Crippen LogP contribution is -2.33. The van der Waals surface area contributed by atoms with E-state index in [9.17, 15) is 9.59 Å². The minimum atomic E-state index is -0.0796. The normalized spacial score (nSPS) is 15.2. The summed E-state index contributed by atoms with van der Waals surface area (Å²) in [7, 11) is 0. The number of benzene rings is 1. The van der Waals surface area contributed by atoms with Gasteiger partial charge in [-0.1, -0.05) is 18.9 Å². The van der Waals surface area contributed by atoms with Crippen LogP contribution in [0.1, 0.15) is 49.9 Å². The Kier molecular flexibility index (Phi) is 5.68. The van der Waals surface area contributed by atoms with Crippen molar-refractivity contribution in [3.8, 4) is 0 Å². The third-order valence-electron chi connectivity index (χ3n) is 4.68. The molecule has 0 spiro atoms. The van der Waals surface area contributed by atoms with Crippen LogP contribution >= 0.6 is 0 Å². The molecule has 6 nitrogen and oxygen atoms in total. The molecule has 1 saturated heterocycles. The zero-order chi connectivity index (χ0) is 17.6. The monoisotopic (exact) mass is 342 g/mol. The fourth-order valence-electron chi connectivity index (χ4n) is 3.28. The van der Waals surface area contributed by atoms with Crippen LogP contribution in [0.15, 0.2) is 18.2 Å². The number of amides is 2. The molecule has 1 fully saturated rings. The third-order valence-corrected chi connectivity index (χ3v) is 4.68. The van der Waals surface area contributed by atoms with Crippen molar-refractivity contribution in [1.29, 1.82) is 0 Å². The number of aryl methyl sites for hydroxylation is 1. The van der Waals surface area contributed by atoms with Crippen molar-refractivity contribution in [1.82, 2.24) is 20.2 Å². The molecule has 2 N–H and O–H groups in total. The van der Waals surface area contributed by atoms with Gasteiger partial charge in [0.05, 0.1) is 11.0 Å². The van der Waals surface area contributed by atoms with E-state index in [2.05, 4.69) is 15.3 Å². The molecule has 0 unspecified atom stereocenters. The predicted molar refractivity (Wildman–Crippen MR) is 97.0 cm³/mol. The first-order valence-corrected chi connectivity index (χ1v) is 9.11. The molecule has 2 aromatic rings. The number of hydrogen-bond acceptors (Lipinski definition) is 3. The Balaban J connectivity index is 1.44. The number of H-pyrrole nitrogens is 1. The van der Waals surface area contributed by atoms with Gasteiger partial charge in [0.2, 0.25) is 11.8 Å². The number of imidazole rings is 1. The van der Waals surface area contributed by atoms with Gasteiger partial charge in [0.1, 0.15) is 5.82 Å². The molecule has 1 aromatic carbocycles. The highest BCUT2D eigenvalue weighted by Crippen LogP contribution is 2.14. The molecular formula is C19H26N4O2. The summed E-state index contributed by atoms with van der Waals surface area (Å²) in [4.78, 5) is 33.7. The van der Waals surface area contributed by atoms with Crippen molar-refractivity contribution in [2.75, 3.05) is 13.1 Å². The molecule has 6 heteroatoms. The van der Waals surface area contributed by atoms with Gasteiger partial charge in [0.15, 0.2) is 0 Å². The number of fused-ring (bicyclic) bond motifs is 1. The van der Waals surface area contributed by atoms with E-state index in [1.807, 2.05) is 30.0 Å². The van der Waals surface area contributed by atoms with Crippen molar-refractivity contribution in [2.24, 2.45) is 0 Å². The number of aromatic nitrogens is 2. The average molecular weight is 342 g/mol. The zero-order valence-electron chi connectivity index (χ0n) is 14.8. The summed E-state index contributed by atoms with van der Waals surface area (Å²) in [5.41, 5.74) is 2.92. The molecule has 134 valence electrons. The Morgan fingerprint density at radius 3 is 2.68 bits per heavy atom. The van der Waals surface area contributed by atoms with Crippen LogP contribution in [0.25, 0.3) is 11.0 Å². The summed E-state index contributed by atoms with van der Waals surface area (Å²) in [6.45, 7) is 4.06. The van der Waals surface area contributed by atoms with Gasteiger partial charge in [-0.25, -0.2) is 4.98 Å². The zero-order valence-corrected chi connectivity index (χ0v) is 14.8. The van der Waals surface area contributed by atoms with Gasteiger partial charge in [-0.3, -0.25) is 9.59 Å². The number of carbonyl (C=O) groups excluding carboxylic acids is 2.